The third kappa shape index (κ3) is 3.68. The highest BCUT2D eigenvalue weighted by molar-refractivity contribution is 7.15. The maximum absolute atomic E-state index is 12.9. The molecule has 2 aromatic carbocycles. The van der Waals surface area contributed by atoms with E-state index in [9.17, 15) is 4.39 Å². The van der Waals surface area contributed by atoms with E-state index >= 15 is 0 Å². The van der Waals surface area contributed by atoms with Gasteiger partial charge in [0.05, 0.1) is 12.8 Å². The summed E-state index contributed by atoms with van der Waals surface area (Å²) in [5.41, 5.74) is 3.05. The summed E-state index contributed by atoms with van der Waals surface area (Å²) in [6.45, 7) is 2.68. The molecule has 0 aliphatic carbocycles. The van der Waals surface area contributed by atoms with Crippen LogP contribution in [0.15, 0.2) is 48.5 Å². The molecule has 0 fully saturated rings. The largest absolute Gasteiger partial charge is 0.497 e. The second-order valence-corrected chi connectivity index (χ2v) is 6.34. The van der Waals surface area contributed by atoms with Gasteiger partial charge in [-0.1, -0.05) is 12.1 Å². The number of ether oxygens (including phenoxy) is 1. The van der Waals surface area contributed by atoms with Gasteiger partial charge in [-0.15, -0.1) is 11.3 Å². The Labute approximate surface area is 138 Å². The van der Waals surface area contributed by atoms with Crippen LogP contribution in [0.2, 0.25) is 0 Å². The van der Waals surface area contributed by atoms with Gasteiger partial charge >= 0.3 is 0 Å². The van der Waals surface area contributed by atoms with Crippen LogP contribution in [0.3, 0.4) is 0 Å². The van der Waals surface area contributed by atoms with Crippen LogP contribution in [0.5, 0.6) is 5.75 Å². The van der Waals surface area contributed by atoms with Crippen LogP contribution in [0, 0.1) is 12.7 Å². The number of halogens is 1. The number of anilines is 1. The number of thiazole rings is 1. The Morgan fingerprint density at radius 2 is 1.78 bits per heavy atom. The first-order chi connectivity index (χ1) is 11.2. The smallest absolute Gasteiger partial charge is 0.183 e. The SMILES string of the molecule is COc1ccc(-c2nc(NCc3ccc(F)cc3)sc2C)cc1. The Morgan fingerprint density at radius 3 is 2.43 bits per heavy atom. The summed E-state index contributed by atoms with van der Waals surface area (Å²) in [5.74, 6) is 0.608. The summed E-state index contributed by atoms with van der Waals surface area (Å²) in [5, 5.41) is 4.15. The molecule has 0 aliphatic heterocycles. The van der Waals surface area contributed by atoms with Gasteiger partial charge in [-0.2, -0.15) is 0 Å². The molecule has 3 aromatic rings. The fourth-order valence-electron chi connectivity index (χ4n) is 2.27. The van der Waals surface area contributed by atoms with Gasteiger partial charge in [0.15, 0.2) is 5.13 Å². The van der Waals surface area contributed by atoms with Crippen molar-refractivity contribution in [2.45, 2.75) is 13.5 Å². The molecule has 0 spiro atoms. The van der Waals surface area contributed by atoms with Crippen LogP contribution in [-0.2, 0) is 6.54 Å². The zero-order valence-electron chi connectivity index (χ0n) is 13.0. The lowest BCUT2D eigenvalue weighted by Crippen LogP contribution is -1.98. The van der Waals surface area contributed by atoms with Crippen molar-refractivity contribution in [1.82, 2.24) is 4.98 Å². The standard InChI is InChI=1S/C18H17FN2OS/c1-12-17(14-5-9-16(22-2)10-6-14)21-18(23-12)20-11-13-3-7-15(19)8-4-13/h3-10H,11H2,1-2H3,(H,20,21). The Balaban J connectivity index is 1.73. The molecule has 0 unspecified atom stereocenters. The molecule has 3 nitrogen and oxygen atoms in total. The van der Waals surface area contributed by atoms with Crippen molar-refractivity contribution >= 4 is 16.5 Å². The minimum atomic E-state index is -0.222. The second-order valence-electron chi connectivity index (χ2n) is 5.13. The minimum Gasteiger partial charge on any atom is -0.497 e. The van der Waals surface area contributed by atoms with E-state index in [4.69, 9.17) is 4.74 Å². The first-order valence-electron chi connectivity index (χ1n) is 7.26. The van der Waals surface area contributed by atoms with Crippen LogP contribution in [-0.4, -0.2) is 12.1 Å². The molecule has 0 saturated heterocycles. The summed E-state index contributed by atoms with van der Waals surface area (Å²) in [7, 11) is 1.65. The van der Waals surface area contributed by atoms with Gasteiger partial charge in [-0.3, -0.25) is 0 Å². The van der Waals surface area contributed by atoms with Crippen molar-refractivity contribution in [3.8, 4) is 17.0 Å². The number of hydrogen-bond acceptors (Lipinski definition) is 4. The summed E-state index contributed by atoms with van der Waals surface area (Å²) < 4.78 is 18.1. The topological polar surface area (TPSA) is 34.1 Å². The quantitative estimate of drug-likeness (QED) is 0.725. The number of aryl methyl sites for hydroxylation is 1. The number of benzene rings is 2. The average Bonchev–Trinajstić information content (AvgIpc) is 2.95. The molecule has 5 heteroatoms. The predicted octanol–water partition coefficient (Wildman–Crippen LogP) is 4.88. The predicted molar refractivity (Wildman–Crippen MR) is 92.6 cm³/mol. The number of rotatable bonds is 5. The molecular formula is C18H17FN2OS. The van der Waals surface area contributed by atoms with E-state index < -0.39 is 0 Å². The summed E-state index contributed by atoms with van der Waals surface area (Å²) in [6, 6.07) is 14.3. The van der Waals surface area contributed by atoms with Gasteiger partial charge in [0.1, 0.15) is 11.6 Å². The van der Waals surface area contributed by atoms with E-state index in [2.05, 4.69) is 17.2 Å². The molecule has 118 valence electrons. The lowest BCUT2D eigenvalue weighted by Gasteiger charge is -2.03. The maximum atomic E-state index is 12.9. The van der Waals surface area contributed by atoms with Crippen molar-refractivity contribution in [3.63, 3.8) is 0 Å². The summed E-state index contributed by atoms with van der Waals surface area (Å²) >= 11 is 1.61. The Hall–Kier alpha value is -2.40. The Kier molecular flexibility index (Phi) is 4.57. The van der Waals surface area contributed by atoms with Gasteiger partial charge in [0, 0.05) is 17.0 Å². The highest BCUT2D eigenvalue weighted by atomic mass is 32.1. The zero-order chi connectivity index (χ0) is 16.2. The molecule has 1 N–H and O–H groups in total. The van der Waals surface area contributed by atoms with Crippen molar-refractivity contribution in [3.05, 3.63) is 64.8 Å². The second kappa shape index (κ2) is 6.79. The third-order valence-electron chi connectivity index (χ3n) is 3.52. The number of nitrogens with one attached hydrogen (secondary N) is 1. The van der Waals surface area contributed by atoms with Gasteiger partial charge in [-0.25, -0.2) is 9.37 Å². The van der Waals surface area contributed by atoms with Crippen LogP contribution in [0.25, 0.3) is 11.3 Å². The molecule has 0 amide bonds. The monoisotopic (exact) mass is 328 g/mol. The van der Waals surface area contributed by atoms with Crippen molar-refractivity contribution in [2.24, 2.45) is 0 Å². The zero-order valence-corrected chi connectivity index (χ0v) is 13.8. The summed E-state index contributed by atoms with van der Waals surface area (Å²) in [6.07, 6.45) is 0. The number of nitrogens with zero attached hydrogens (tertiary/aromatic N) is 1. The van der Waals surface area contributed by atoms with Gasteiger partial charge < -0.3 is 10.1 Å². The van der Waals surface area contributed by atoms with Crippen molar-refractivity contribution in [1.29, 1.82) is 0 Å². The molecule has 0 bridgehead atoms. The molecule has 0 radical (unpaired) electrons. The molecule has 0 aliphatic rings. The first-order valence-corrected chi connectivity index (χ1v) is 8.07. The van der Waals surface area contributed by atoms with Crippen LogP contribution in [0.1, 0.15) is 10.4 Å². The van der Waals surface area contributed by atoms with E-state index in [1.54, 1.807) is 30.6 Å². The van der Waals surface area contributed by atoms with E-state index in [1.165, 1.54) is 12.1 Å². The normalized spacial score (nSPS) is 10.6. The first kappa shape index (κ1) is 15.5. The van der Waals surface area contributed by atoms with Crippen molar-refractivity contribution < 1.29 is 9.13 Å². The number of aromatic nitrogens is 1. The maximum Gasteiger partial charge on any atom is 0.183 e. The Bertz CT molecular complexity index is 782. The van der Waals surface area contributed by atoms with Crippen LogP contribution < -0.4 is 10.1 Å². The number of methoxy groups -OCH3 is 1. The molecule has 0 saturated carbocycles. The van der Waals surface area contributed by atoms with E-state index in [1.807, 2.05) is 24.3 Å². The number of hydrogen-bond donors (Lipinski definition) is 1. The lowest BCUT2D eigenvalue weighted by atomic mass is 10.1. The molecule has 23 heavy (non-hydrogen) atoms. The van der Waals surface area contributed by atoms with Gasteiger partial charge in [0.2, 0.25) is 0 Å². The minimum absolute atomic E-state index is 0.222. The highest BCUT2D eigenvalue weighted by Gasteiger charge is 2.10. The Morgan fingerprint density at radius 1 is 1.09 bits per heavy atom. The molecule has 1 aromatic heterocycles. The fraction of sp³-hybridized carbons (Fsp3) is 0.167. The molecule has 1 heterocycles. The van der Waals surface area contributed by atoms with E-state index in [0.717, 1.165) is 32.6 Å². The summed E-state index contributed by atoms with van der Waals surface area (Å²) in [4.78, 5) is 5.81. The van der Waals surface area contributed by atoms with Gasteiger partial charge in [-0.05, 0) is 48.9 Å². The van der Waals surface area contributed by atoms with E-state index in [0.29, 0.717) is 6.54 Å². The fourth-order valence-corrected chi connectivity index (χ4v) is 3.10. The lowest BCUT2D eigenvalue weighted by molar-refractivity contribution is 0.415. The molecule has 3 rings (SSSR count). The third-order valence-corrected chi connectivity index (χ3v) is 4.45. The average molecular weight is 328 g/mol. The molecular weight excluding hydrogens is 311 g/mol. The van der Waals surface area contributed by atoms with Gasteiger partial charge in [0.25, 0.3) is 0 Å². The highest BCUT2D eigenvalue weighted by Crippen LogP contribution is 2.31. The van der Waals surface area contributed by atoms with E-state index in [-0.39, 0.29) is 5.82 Å². The van der Waals surface area contributed by atoms with Crippen LogP contribution in [0.4, 0.5) is 9.52 Å². The van der Waals surface area contributed by atoms with Crippen molar-refractivity contribution in [2.75, 3.05) is 12.4 Å². The van der Waals surface area contributed by atoms with Crippen LogP contribution >= 0.6 is 11.3 Å². The molecule has 0 atom stereocenters.